The average Bonchev–Trinajstić information content (AvgIpc) is 2.85. The Hall–Kier alpha value is -3.31. The van der Waals surface area contributed by atoms with E-state index in [1.165, 1.54) is 11.1 Å². The van der Waals surface area contributed by atoms with Gasteiger partial charge in [-0.15, -0.1) is 0 Å². The van der Waals surface area contributed by atoms with Crippen LogP contribution in [0.5, 0.6) is 17.2 Å². The average molecular weight is 447 g/mol. The lowest BCUT2D eigenvalue weighted by Gasteiger charge is -2.25. The van der Waals surface area contributed by atoms with Crippen LogP contribution in [0.25, 0.3) is 10.8 Å². The van der Waals surface area contributed by atoms with Crippen molar-refractivity contribution in [1.82, 2.24) is 0 Å². The lowest BCUT2D eigenvalue weighted by molar-refractivity contribution is -0.140. The van der Waals surface area contributed by atoms with Crippen molar-refractivity contribution < 1.29 is 23.7 Å². The van der Waals surface area contributed by atoms with Crippen molar-refractivity contribution in [3.05, 3.63) is 77.9 Å². The van der Waals surface area contributed by atoms with E-state index in [9.17, 15) is 4.79 Å². The molecule has 172 valence electrons. The van der Waals surface area contributed by atoms with Gasteiger partial charge < -0.3 is 18.9 Å². The third-order valence-electron chi connectivity index (χ3n) is 5.68. The molecule has 5 nitrogen and oxygen atoms in total. The first-order valence-electron chi connectivity index (χ1n) is 11.5. The summed E-state index contributed by atoms with van der Waals surface area (Å²) in [4.78, 5) is 11.4. The molecule has 0 unspecified atom stereocenters. The number of para-hydroxylation sites is 1. The summed E-state index contributed by atoms with van der Waals surface area (Å²) >= 11 is 0. The molecule has 0 bridgehead atoms. The van der Waals surface area contributed by atoms with Crippen molar-refractivity contribution in [2.75, 3.05) is 26.4 Å². The fourth-order valence-corrected chi connectivity index (χ4v) is 4.12. The number of rotatable bonds is 10. The summed E-state index contributed by atoms with van der Waals surface area (Å²) in [6.07, 6.45) is 4.22. The van der Waals surface area contributed by atoms with E-state index in [1.54, 1.807) is 6.92 Å². The molecule has 5 heteroatoms. The summed E-state index contributed by atoms with van der Waals surface area (Å²) < 4.78 is 23.3. The molecule has 4 rings (SSSR count). The fraction of sp³-hybridized carbons (Fsp3) is 0.321. The second-order valence-electron chi connectivity index (χ2n) is 8.16. The molecular formula is C28H30O5. The van der Waals surface area contributed by atoms with E-state index in [1.807, 2.05) is 42.5 Å². The molecule has 1 aliphatic carbocycles. The minimum atomic E-state index is -0.397. The minimum absolute atomic E-state index is 0.204. The molecule has 0 N–H and O–H groups in total. The first-order valence-corrected chi connectivity index (χ1v) is 11.5. The van der Waals surface area contributed by atoms with Crippen molar-refractivity contribution in [3.63, 3.8) is 0 Å². The first-order chi connectivity index (χ1) is 16.1. The van der Waals surface area contributed by atoms with Crippen LogP contribution in [0.15, 0.2) is 66.7 Å². The molecule has 0 aliphatic heterocycles. The van der Waals surface area contributed by atoms with Crippen LogP contribution in [0.1, 0.15) is 30.9 Å². The SMILES string of the molecule is C=C(C)C(=O)OCCOCCOc1c2c(c(Oc3ccccc3)c3ccccc13)CCCC2. The zero-order valence-corrected chi connectivity index (χ0v) is 19.1. The number of hydrogen-bond acceptors (Lipinski definition) is 5. The van der Waals surface area contributed by atoms with Gasteiger partial charge in [-0.25, -0.2) is 4.79 Å². The second kappa shape index (κ2) is 11.0. The van der Waals surface area contributed by atoms with Crippen LogP contribution in [-0.2, 0) is 27.1 Å². The molecule has 0 saturated carbocycles. The molecule has 3 aromatic carbocycles. The highest BCUT2D eigenvalue weighted by Crippen LogP contribution is 2.45. The molecule has 33 heavy (non-hydrogen) atoms. The van der Waals surface area contributed by atoms with Gasteiger partial charge in [-0.3, -0.25) is 0 Å². The number of hydrogen-bond donors (Lipinski definition) is 0. The van der Waals surface area contributed by atoms with Gasteiger partial charge >= 0.3 is 5.97 Å². The van der Waals surface area contributed by atoms with Crippen LogP contribution < -0.4 is 9.47 Å². The molecule has 0 saturated heterocycles. The summed E-state index contributed by atoms with van der Waals surface area (Å²) in [7, 11) is 0. The Morgan fingerprint density at radius 3 is 2.12 bits per heavy atom. The van der Waals surface area contributed by atoms with E-state index in [4.69, 9.17) is 18.9 Å². The lowest BCUT2D eigenvalue weighted by atomic mass is 9.87. The van der Waals surface area contributed by atoms with Gasteiger partial charge in [-0.05, 0) is 44.7 Å². The summed E-state index contributed by atoms with van der Waals surface area (Å²) in [5.74, 6) is 2.31. The lowest BCUT2D eigenvalue weighted by Crippen LogP contribution is -2.15. The fourth-order valence-electron chi connectivity index (χ4n) is 4.12. The van der Waals surface area contributed by atoms with Gasteiger partial charge in [0, 0.05) is 27.5 Å². The highest BCUT2D eigenvalue weighted by molar-refractivity contribution is 5.96. The Labute approximate surface area is 194 Å². The zero-order valence-electron chi connectivity index (χ0n) is 19.1. The van der Waals surface area contributed by atoms with E-state index in [2.05, 4.69) is 18.7 Å². The van der Waals surface area contributed by atoms with Crippen LogP contribution in [0, 0.1) is 0 Å². The quantitative estimate of drug-likeness (QED) is 0.216. The zero-order chi connectivity index (χ0) is 23.0. The van der Waals surface area contributed by atoms with Crippen molar-refractivity contribution in [3.8, 4) is 17.2 Å². The maximum Gasteiger partial charge on any atom is 0.333 e. The van der Waals surface area contributed by atoms with Gasteiger partial charge in [0.1, 0.15) is 30.5 Å². The normalized spacial score (nSPS) is 12.8. The van der Waals surface area contributed by atoms with Gasteiger partial charge in [0.05, 0.1) is 13.2 Å². The summed E-state index contributed by atoms with van der Waals surface area (Å²) in [6.45, 7) is 6.55. The molecule has 0 heterocycles. The predicted octanol–water partition coefficient (Wildman–Crippen LogP) is 6.03. The van der Waals surface area contributed by atoms with Gasteiger partial charge in [0.2, 0.25) is 0 Å². The summed E-state index contributed by atoms with van der Waals surface area (Å²) in [6, 6.07) is 18.2. The second-order valence-corrected chi connectivity index (χ2v) is 8.16. The molecular weight excluding hydrogens is 416 g/mol. The van der Waals surface area contributed by atoms with Crippen LogP contribution in [0.3, 0.4) is 0 Å². The van der Waals surface area contributed by atoms with Crippen molar-refractivity contribution >= 4 is 16.7 Å². The number of carbonyl (C=O) groups excluding carboxylic acids is 1. The van der Waals surface area contributed by atoms with Crippen molar-refractivity contribution in [1.29, 1.82) is 0 Å². The third-order valence-corrected chi connectivity index (χ3v) is 5.68. The summed E-state index contributed by atoms with van der Waals surface area (Å²) in [5.41, 5.74) is 2.86. The molecule has 0 radical (unpaired) electrons. The number of ether oxygens (including phenoxy) is 4. The van der Waals surface area contributed by atoms with Crippen LogP contribution in [0.4, 0.5) is 0 Å². The number of carbonyl (C=O) groups is 1. The van der Waals surface area contributed by atoms with E-state index < -0.39 is 5.97 Å². The molecule has 3 aromatic rings. The van der Waals surface area contributed by atoms with Crippen LogP contribution in [-0.4, -0.2) is 32.4 Å². The van der Waals surface area contributed by atoms with E-state index in [0.717, 1.165) is 53.7 Å². The predicted molar refractivity (Wildman–Crippen MR) is 129 cm³/mol. The van der Waals surface area contributed by atoms with E-state index >= 15 is 0 Å². The largest absolute Gasteiger partial charge is 0.490 e. The first kappa shape index (κ1) is 22.9. The third kappa shape index (κ3) is 5.55. The van der Waals surface area contributed by atoms with Gasteiger partial charge in [0.15, 0.2) is 0 Å². The molecule has 0 spiro atoms. The van der Waals surface area contributed by atoms with Gasteiger partial charge in [0.25, 0.3) is 0 Å². The topological polar surface area (TPSA) is 54.0 Å². The maximum atomic E-state index is 11.4. The maximum absolute atomic E-state index is 11.4. The van der Waals surface area contributed by atoms with Crippen molar-refractivity contribution in [2.24, 2.45) is 0 Å². The monoisotopic (exact) mass is 446 g/mol. The number of esters is 1. The van der Waals surface area contributed by atoms with E-state index in [-0.39, 0.29) is 6.61 Å². The molecule has 0 aromatic heterocycles. The Balaban J connectivity index is 1.50. The number of fused-ring (bicyclic) bond motifs is 2. The van der Waals surface area contributed by atoms with Crippen LogP contribution >= 0.6 is 0 Å². The smallest absolute Gasteiger partial charge is 0.333 e. The molecule has 1 aliphatic rings. The highest BCUT2D eigenvalue weighted by atomic mass is 16.6. The van der Waals surface area contributed by atoms with E-state index in [0.29, 0.717) is 25.4 Å². The number of benzene rings is 3. The minimum Gasteiger partial charge on any atom is -0.490 e. The molecule has 0 fully saturated rings. The summed E-state index contributed by atoms with van der Waals surface area (Å²) in [5, 5.41) is 2.11. The van der Waals surface area contributed by atoms with Gasteiger partial charge in [-0.1, -0.05) is 49.0 Å². The standard InChI is InChI=1S/C28H30O5/c1-20(2)28(29)32-19-17-30-16-18-31-26-22-12-6-8-14-24(22)27(25-15-9-7-13-23(25)26)33-21-10-4-3-5-11-21/h3-6,8,10-12,14H,1,7,9,13,15-19H2,2H3. The van der Waals surface area contributed by atoms with Crippen LogP contribution in [0.2, 0.25) is 0 Å². The Kier molecular flexibility index (Phi) is 7.63. The Morgan fingerprint density at radius 1 is 0.818 bits per heavy atom. The van der Waals surface area contributed by atoms with Crippen molar-refractivity contribution in [2.45, 2.75) is 32.6 Å². The Bertz CT molecular complexity index is 1120. The van der Waals surface area contributed by atoms with Gasteiger partial charge in [-0.2, -0.15) is 0 Å². The highest BCUT2D eigenvalue weighted by Gasteiger charge is 2.24. The molecule has 0 atom stereocenters. The Morgan fingerprint density at radius 2 is 1.42 bits per heavy atom. The molecule has 0 amide bonds.